The van der Waals surface area contributed by atoms with Crippen molar-refractivity contribution in [1.82, 2.24) is 5.32 Å². The van der Waals surface area contributed by atoms with Crippen molar-refractivity contribution in [3.63, 3.8) is 0 Å². The Morgan fingerprint density at radius 1 is 0.972 bits per heavy atom. The van der Waals surface area contributed by atoms with Crippen molar-refractivity contribution in [3.8, 4) is 5.75 Å². The highest BCUT2D eigenvalue weighted by molar-refractivity contribution is 6.40. The van der Waals surface area contributed by atoms with Crippen LogP contribution >= 0.6 is 0 Å². The van der Waals surface area contributed by atoms with Gasteiger partial charge in [0.05, 0.1) is 5.56 Å². The lowest BCUT2D eigenvalue weighted by Gasteiger charge is -2.34. The van der Waals surface area contributed by atoms with Crippen molar-refractivity contribution in [3.05, 3.63) is 88.0 Å². The number of benzene rings is 3. The summed E-state index contributed by atoms with van der Waals surface area (Å²) >= 11 is 0. The summed E-state index contributed by atoms with van der Waals surface area (Å²) in [5.41, 5.74) is 7.57. The minimum absolute atomic E-state index is 0.0500. The van der Waals surface area contributed by atoms with E-state index >= 15 is 0 Å². The Morgan fingerprint density at radius 2 is 1.64 bits per heavy atom. The second-order valence-electron chi connectivity index (χ2n) is 9.68. The average Bonchev–Trinajstić information content (AvgIpc) is 3.18. The molecule has 1 aliphatic heterocycles. The van der Waals surface area contributed by atoms with Crippen molar-refractivity contribution in [2.75, 3.05) is 11.1 Å². The number of para-hydroxylation sites is 1. The highest BCUT2D eigenvalue weighted by Crippen LogP contribution is 2.59. The van der Waals surface area contributed by atoms with Gasteiger partial charge in [0.15, 0.2) is 0 Å². The van der Waals surface area contributed by atoms with E-state index in [0.717, 1.165) is 16.7 Å². The number of nitrogens with one attached hydrogen (secondary N) is 2. The highest BCUT2D eigenvalue weighted by atomic mass is 16.6. The molecule has 3 aromatic rings. The molecule has 0 spiro atoms. The molecule has 5 rings (SSSR count). The standard InChI is InChI=1S/C28H27N3O5/c1-14(2)17-11-12-18-21(13-17)36-28(35)19-9-6-10-20(29)22(19)24(32)27(18,28)31-26(34)25(33)30-23-15(3)7-5-8-16(23)4/h5-14,35H,29H2,1-4H3,(H,30,33)(H,31,34). The zero-order chi connectivity index (χ0) is 26.0. The van der Waals surface area contributed by atoms with E-state index in [4.69, 9.17) is 10.5 Å². The van der Waals surface area contributed by atoms with E-state index in [1.165, 1.54) is 12.1 Å². The van der Waals surface area contributed by atoms with Gasteiger partial charge < -0.3 is 26.2 Å². The minimum Gasteiger partial charge on any atom is -0.454 e. The first-order valence-electron chi connectivity index (χ1n) is 11.7. The summed E-state index contributed by atoms with van der Waals surface area (Å²) in [6, 6.07) is 15.3. The Morgan fingerprint density at radius 3 is 2.31 bits per heavy atom. The second kappa shape index (κ2) is 7.93. The highest BCUT2D eigenvalue weighted by Gasteiger charge is 2.72. The number of hydrogen-bond acceptors (Lipinski definition) is 6. The molecular formula is C28H27N3O5. The van der Waals surface area contributed by atoms with Gasteiger partial charge in [-0.2, -0.15) is 0 Å². The predicted octanol–water partition coefficient (Wildman–Crippen LogP) is 3.39. The van der Waals surface area contributed by atoms with Crippen LogP contribution in [-0.2, 0) is 20.9 Å². The zero-order valence-electron chi connectivity index (χ0n) is 20.4. The van der Waals surface area contributed by atoms with E-state index in [-0.39, 0.29) is 34.0 Å². The SMILES string of the molecule is Cc1cccc(C)c1NC(=O)C(=O)NC12C(=O)c3c(N)cccc3C1(O)Oc1cc(C(C)C)ccc12. The van der Waals surface area contributed by atoms with Crippen molar-refractivity contribution in [2.45, 2.75) is 44.9 Å². The molecule has 0 bridgehead atoms. The first-order chi connectivity index (χ1) is 17.0. The number of amides is 2. The topological polar surface area (TPSA) is 131 Å². The maximum absolute atomic E-state index is 14.0. The normalized spacial score (nSPS) is 21.4. The lowest BCUT2D eigenvalue weighted by atomic mass is 9.82. The molecule has 36 heavy (non-hydrogen) atoms. The molecule has 8 nitrogen and oxygen atoms in total. The Labute approximate surface area is 208 Å². The molecule has 5 N–H and O–H groups in total. The van der Waals surface area contributed by atoms with E-state index in [1.54, 1.807) is 18.2 Å². The molecule has 2 atom stereocenters. The number of rotatable bonds is 3. The molecule has 0 radical (unpaired) electrons. The molecule has 1 heterocycles. The van der Waals surface area contributed by atoms with Gasteiger partial charge in [-0.3, -0.25) is 14.4 Å². The minimum atomic E-state index is -2.29. The lowest BCUT2D eigenvalue weighted by Crippen LogP contribution is -2.61. The third-order valence-corrected chi connectivity index (χ3v) is 7.10. The first-order valence-corrected chi connectivity index (χ1v) is 11.7. The molecule has 184 valence electrons. The fourth-order valence-electron chi connectivity index (χ4n) is 5.15. The number of carbonyl (C=O) groups excluding carboxylic acids is 3. The molecule has 0 saturated carbocycles. The van der Waals surface area contributed by atoms with Crippen LogP contribution in [0.2, 0.25) is 0 Å². The number of aliphatic hydroxyl groups is 1. The van der Waals surface area contributed by atoms with E-state index in [2.05, 4.69) is 10.6 Å². The molecule has 0 saturated heterocycles. The van der Waals surface area contributed by atoms with Crippen LogP contribution in [0.25, 0.3) is 0 Å². The molecule has 2 unspecified atom stereocenters. The van der Waals surface area contributed by atoms with E-state index < -0.39 is 28.9 Å². The summed E-state index contributed by atoms with van der Waals surface area (Å²) in [7, 11) is 0. The molecule has 0 aromatic heterocycles. The first kappa shape index (κ1) is 23.6. The van der Waals surface area contributed by atoms with Crippen molar-refractivity contribution in [1.29, 1.82) is 0 Å². The van der Waals surface area contributed by atoms with Gasteiger partial charge in [0.25, 0.3) is 5.79 Å². The Kier molecular flexibility index (Phi) is 5.19. The second-order valence-corrected chi connectivity index (χ2v) is 9.68. The summed E-state index contributed by atoms with van der Waals surface area (Å²) < 4.78 is 6.03. The van der Waals surface area contributed by atoms with Gasteiger partial charge in [0, 0.05) is 22.5 Å². The number of nitrogen functional groups attached to an aromatic ring is 1. The van der Waals surface area contributed by atoms with Crippen LogP contribution in [-0.4, -0.2) is 22.7 Å². The monoisotopic (exact) mass is 485 g/mol. The number of nitrogens with two attached hydrogens (primary N) is 1. The van der Waals surface area contributed by atoms with Gasteiger partial charge in [-0.1, -0.05) is 56.3 Å². The number of carbonyl (C=O) groups is 3. The predicted molar refractivity (Wildman–Crippen MR) is 135 cm³/mol. The average molecular weight is 486 g/mol. The van der Waals surface area contributed by atoms with Gasteiger partial charge in [0.1, 0.15) is 5.75 Å². The van der Waals surface area contributed by atoms with Gasteiger partial charge in [-0.25, -0.2) is 0 Å². The number of Topliss-reactive ketones (excluding diaryl/α,β-unsaturated/α-hetero) is 1. The van der Waals surface area contributed by atoms with Gasteiger partial charge in [-0.05, 0) is 48.6 Å². The third-order valence-electron chi connectivity index (χ3n) is 7.10. The largest absolute Gasteiger partial charge is 0.454 e. The van der Waals surface area contributed by atoms with Gasteiger partial charge >= 0.3 is 11.8 Å². The third kappa shape index (κ3) is 3.07. The molecule has 0 fully saturated rings. The summed E-state index contributed by atoms with van der Waals surface area (Å²) in [5, 5.41) is 17.1. The number of aryl methyl sites for hydroxylation is 2. The summed E-state index contributed by atoms with van der Waals surface area (Å²) in [6.45, 7) is 7.63. The Hall–Kier alpha value is -4.17. The van der Waals surface area contributed by atoms with E-state index in [1.807, 2.05) is 52.0 Å². The number of ketones is 1. The number of fused-ring (bicyclic) bond motifs is 5. The number of ether oxygens (including phenoxy) is 1. The van der Waals surface area contributed by atoms with Crippen LogP contribution in [0.3, 0.4) is 0 Å². The Bertz CT molecular complexity index is 1440. The Balaban J connectivity index is 1.61. The molecular weight excluding hydrogens is 458 g/mol. The molecule has 8 heteroatoms. The van der Waals surface area contributed by atoms with Crippen molar-refractivity contribution >= 4 is 29.0 Å². The zero-order valence-corrected chi connectivity index (χ0v) is 20.4. The lowest BCUT2D eigenvalue weighted by molar-refractivity contribution is -0.175. The van der Waals surface area contributed by atoms with Crippen molar-refractivity contribution < 1.29 is 24.2 Å². The van der Waals surface area contributed by atoms with E-state index in [9.17, 15) is 19.5 Å². The maximum atomic E-state index is 14.0. The summed E-state index contributed by atoms with van der Waals surface area (Å²) in [5.74, 6) is -4.61. The maximum Gasteiger partial charge on any atom is 0.313 e. The molecule has 1 aliphatic carbocycles. The summed E-state index contributed by atoms with van der Waals surface area (Å²) in [6.07, 6.45) is 0. The molecule has 2 aliphatic rings. The van der Waals surface area contributed by atoms with Crippen LogP contribution in [0.5, 0.6) is 5.75 Å². The summed E-state index contributed by atoms with van der Waals surface area (Å²) in [4.78, 5) is 40.3. The van der Waals surface area contributed by atoms with Gasteiger partial charge in [0.2, 0.25) is 11.3 Å². The fraction of sp³-hybridized carbons (Fsp3) is 0.250. The van der Waals surface area contributed by atoms with Crippen LogP contribution in [0.1, 0.15) is 57.9 Å². The fourth-order valence-corrected chi connectivity index (χ4v) is 5.15. The van der Waals surface area contributed by atoms with Gasteiger partial charge in [-0.15, -0.1) is 0 Å². The van der Waals surface area contributed by atoms with Crippen LogP contribution in [0, 0.1) is 13.8 Å². The quantitative estimate of drug-likeness (QED) is 0.332. The van der Waals surface area contributed by atoms with Crippen LogP contribution < -0.4 is 21.1 Å². The van der Waals surface area contributed by atoms with Crippen molar-refractivity contribution in [2.24, 2.45) is 0 Å². The molecule has 2 amide bonds. The number of anilines is 2. The number of hydrogen-bond donors (Lipinski definition) is 4. The molecule has 3 aromatic carbocycles. The van der Waals surface area contributed by atoms with Crippen LogP contribution in [0.4, 0.5) is 11.4 Å². The smallest absolute Gasteiger partial charge is 0.313 e. The van der Waals surface area contributed by atoms with Crippen LogP contribution in [0.15, 0.2) is 54.6 Å². The van der Waals surface area contributed by atoms with E-state index in [0.29, 0.717) is 5.69 Å².